The van der Waals surface area contributed by atoms with Crippen molar-refractivity contribution in [3.8, 4) is 0 Å². The molecule has 3 amide bonds. The molecule has 2 heterocycles. The summed E-state index contributed by atoms with van der Waals surface area (Å²) >= 11 is 0. The standard InChI is InChI=1S/C23H34N8O7/c1-12(2)5-17(30-20(34)15(24)6-13-8-25-10-27-13)21(35)31-18(7-14-9-26-11-28-14)22(36)29-16(23(37)38)3-4-19(32)33/h8-12,15-18H,3-7,24H2,1-2H3,(H,25,27)(H,26,28)(H,29,36)(H,30,34)(H,31,35)(H,32,33)(H,37,38). The van der Waals surface area contributed by atoms with E-state index in [2.05, 4.69) is 35.9 Å². The molecule has 15 nitrogen and oxygen atoms in total. The van der Waals surface area contributed by atoms with Crippen LogP contribution >= 0.6 is 0 Å². The van der Waals surface area contributed by atoms with Gasteiger partial charge in [0.1, 0.15) is 18.1 Å². The molecule has 0 aliphatic rings. The summed E-state index contributed by atoms with van der Waals surface area (Å²) in [6.45, 7) is 3.71. The quantitative estimate of drug-likeness (QED) is 0.126. The van der Waals surface area contributed by atoms with Crippen molar-refractivity contribution in [3.63, 3.8) is 0 Å². The molecule has 0 fully saturated rings. The van der Waals surface area contributed by atoms with Crippen molar-refractivity contribution in [2.45, 2.75) is 70.1 Å². The maximum absolute atomic E-state index is 13.2. The second kappa shape index (κ2) is 14.5. The number of H-pyrrole nitrogens is 2. The van der Waals surface area contributed by atoms with E-state index in [-0.39, 0.29) is 31.6 Å². The molecular formula is C23H34N8O7. The smallest absolute Gasteiger partial charge is 0.326 e. The zero-order valence-electron chi connectivity index (χ0n) is 21.1. The van der Waals surface area contributed by atoms with Crippen LogP contribution in [0.1, 0.15) is 44.5 Å². The Bertz CT molecular complexity index is 1070. The summed E-state index contributed by atoms with van der Waals surface area (Å²) in [4.78, 5) is 74.9. The molecule has 0 bridgehead atoms. The Kier molecular flexibility index (Phi) is 11.4. The van der Waals surface area contributed by atoms with Gasteiger partial charge in [0.25, 0.3) is 0 Å². The van der Waals surface area contributed by atoms with Crippen molar-refractivity contribution in [2.24, 2.45) is 11.7 Å². The first-order valence-electron chi connectivity index (χ1n) is 12.0. The molecule has 0 saturated heterocycles. The minimum absolute atomic E-state index is 0.0119. The van der Waals surface area contributed by atoms with Crippen LogP contribution in [0.5, 0.6) is 0 Å². The number of carbonyl (C=O) groups excluding carboxylic acids is 3. The summed E-state index contributed by atoms with van der Waals surface area (Å²) in [5.41, 5.74) is 7.12. The van der Waals surface area contributed by atoms with E-state index in [4.69, 9.17) is 10.8 Å². The van der Waals surface area contributed by atoms with Gasteiger partial charge in [0.05, 0.1) is 18.7 Å². The number of hydrogen-bond acceptors (Lipinski definition) is 8. The first-order valence-corrected chi connectivity index (χ1v) is 12.0. The summed E-state index contributed by atoms with van der Waals surface area (Å²) in [7, 11) is 0. The highest BCUT2D eigenvalue weighted by Crippen LogP contribution is 2.09. The number of hydrogen-bond donors (Lipinski definition) is 8. The average molecular weight is 535 g/mol. The van der Waals surface area contributed by atoms with Gasteiger partial charge >= 0.3 is 11.9 Å². The number of amides is 3. The maximum atomic E-state index is 13.2. The number of carboxylic acid groups (broad SMARTS) is 2. The molecule has 9 N–H and O–H groups in total. The number of nitrogens with one attached hydrogen (secondary N) is 5. The van der Waals surface area contributed by atoms with Gasteiger partial charge in [-0.05, 0) is 18.8 Å². The van der Waals surface area contributed by atoms with Crippen LogP contribution in [0.2, 0.25) is 0 Å². The highest BCUT2D eigenvalue weighted by atomic mass is 16.4. The number of imidazole rings is 2. The van der Waals surface area contributed by atoms with Crippen LogP contribution in [0.15, 0.2) is 25.0 Å². The number of nitrogens with zero attached hydrogens (tertiary/aromatic N) is 2. The van der Waals surface area contributed by atoms with E-state index < -0.39 is 60.2 Å². The number of rotatable bonds is 16. The van der Waals surface area contributed by atoms with Crippen LogP contribution in [0.4, 0.5) is 0 Å². The number of aromatic amines is 2. The predicted octanol–water partition coefficient (Wildman–Crippen LogP) is -1.30. The predicted molar refractivity (Wildman–Crippen MR) is 132 cm³/mol. The molecule has 2 rings (SSSR count). The van der Waals surface area contributed by atoms with Gasteiger partial charge in [0.2, 0.25) is 17.7 Å². The van der Waals surface area contributed by atoms with Gasteiger partial charge < -0.3 is 41.9 Å². The lowest BCUT2D eigenvalue weighted by Gasteiger charge is -2.26. The Balaban J connectivity index is 2.16. The molecule has 0 saturated carbocycles. The van der Waals surface area contributed by atoms with Crippen LogP contribution in [0.25, 0.3) is 0 Å². The molecule has 38 heavy (non-hydrogen) atoms. The molecule has 2 aromatic heterocycles. The third-order valence-electron chi connectivity index (χ3n) is 5.54. The van der Waals surface area contributed by atoms with E-state index in [1.807, 2.05) is 13.8 Å². The second-order valence-corrected chi connectivity index (χ2v) is 9.25. The molecule has 15 heteroatoms. The maximum Gasteiger partial charge on any atom is 0.326 e. The highest BCUT2D eigenvalue weighted by molar-refractivity contribution is 5.94. The Labute approximate surface area is 218 Å². The van der Waals surface area contributed by atoms with Crippen molar-refractivity contribution in [2.75, 3.05) is 0 Å². The lowest BCUT2D eigenvalue weighted by Crippen LogP contribution is -2.58. The largest absolute Gasteiger partial charge is 0.481 e. The molecule has 0 aliphatic carbocycles. The first kappa shape index (κ1) is 30.0. The van der Waals surface area contributed by atoms with Gasteiger partial charge in [-0.15, -0.1) is 0 Å². The van der Waals surface area contributed by atoms with E-state index in [0.717, 1.165) is 0 Å². The number of carbonyl (C=O) groups is 5. The van der Waals surface area contributed by atoms with Crippen molar-refractivity contribution in [3.05, 3.63) is 36.4 Å². The van der Waals surface area contributed by atoms with E-state index in [1.54, 1.807) is 0 Å². The minimum Gasteiger partial charge on any atom is -0.481 e. The zero-order valence-corrected chi connectivity index (χ0v) is 21.1. The zero-order chi connectivity index (χ0) is 28.2. The van der Waals surface area contributed by atoms with E-state index in [0.29, 0.717) is 11.4 Å². The van der Waals surface area contributed by atoms with Crippen LogP contribution in [-0.4, -0.2) is 84.0 Å². The van der Waals surface area contributed by atoms with Gasteiger partial charge in [0.15, 0.2) is 0 Å². The lowest BCUT2D eigenvalue weighted by atomic mass is 10.0. The summed E-state index contributed by atoms with van der Waals surface area (Å²) in [6.07, 6.45) is 5.32. The van der Waals surface area contributed by atoms with Crippen LogP contribution in [0, 0.1) is 5.92 Å². The van der Waals surface area contributed by atoms with Gasteiger partial charge in [-0.1, -0.05) is 13.8 Å². The molecule has 0 aliphatic heterocycles. The molecular weight excluding hydrogens is 500 g/mol. The number of aliphatic carboxylic acids is 2. The Morgan fingerprint density at radius 2 is 1.37 bits per heavy atom. The fraction of sp³-hybridized carbons (Fsp3) is 0.522. The van der Waals surface area contributed by atoms with Gasteiger partial charge in [0, 0.05) is 43.0 Å². The van der Waals surface area contributed by atoms with E-state index >= 15 is 0 Å². The monoisotopic (exact) mass is 534 g/mol. The van der Waals surface area contributed by atoms with Crippen molar-refractivity contribution in [1.82, 2.24) is 35.9 Å². The second-order valence-electron chi connectivity index (χ2n) is 9.25. The molecule has 4 unspecified atom stereocenters. The van der Waals surface area contributed by atoms with Crippen LogP contribution < -0.4 is 21.7 Å². The summed E-state index contributed by atoms with van der Waals surface area (Å²) in [5.74, 6) is -4.72. The van der Waals surface area contributed by atoms with E-state index in [1.165, 1.54) is 25.0 Å². The van der Waals surface area contributed by atoms with Crippen LogP contribution in [0.3, 0.4) is 0 Å². The molecule has 0 aromatic carbocycles. The summed E-state index contributed by atoms with van der Waals surface area (Å²) in [5, 5.41) is 25.8. The Hall–Kier alpha value is -4.27. The third-order valence-corrected chi connectivity index (χ3v) is 5.54. The van der Waals surface area contributed by atoms with E-state index in [9.17, 15) is 29.1 Å². The number of aromatic nitrogens is 4. The highest BCUT2D eigenvalue weighted by Gasteiger charge is 2.31. The topological polar surface area (TPSA) is 245 Å². The molecule has 0 spiro atoms. The average Bonchev–Trinajstić information content (AvgIpc) is 3.54. The molecule has 4 atom stereocenters. The number of nitrogens with two attached hydrogens (primary N) is 1. The third kappa shape index (κ3) is 10.0. The van der Waals surface area contributed by atoms with Crippen molar-refractivity contribution < 1.29 is 34.2 Å². The number of carboxylic acids is 2. The fourth-order valence-corrected chi connectivity index (χ4v) is 3.60. The van der Waals surface area contributed by atoms with Gasteiger partial charge in [-0.2, -0.15) is 0 Å². The first-order chi connectivity index (χ1) is 18.0. The van der Waals surface area contributed by atoms with Crippen molar-refractivity contribution >= 4 is 29.7 Å². The fourth-order valence-electron chi connectivity index (χ4n) is 3.60. The van der Waals surface area contributed by atoms with Crippen LogP contribution in [-0.2, 0) is 36.8 Å². The SMILES string of the molecule is CC(C)CC(NC(=O)C(N)Cc1cnc[nH]1)C(=O)NC(Cc1cnc[nH]1)C(=O)NC(CCC(=O)O)C(=O)O. The Morgan fingerprint density at radius 3 is 1.87 bits per heavy atom. The normalized spacial score (nSPS) is 14.2. The lowest BCUT2D eigenvalue weighted by molar-refractivity contribution is -0.143. The van der Waals surface area contributed by atoms with Gasteiger partial charge in [-0.3, -0.25) is 19.2 Å². The summed E-state index contributed by atoms with van der Waals surface area (Å²) < 4.78 is 0. The summed E-state index contributed by atoms with van der Waals surface area (Å²) in [6, 6.07) is -4.73. The van der Waals surface area contributed by atoms with Gasteiger partial charge in [-0.25, -0.2) is 14.8 Å². The Morgan fingerprint density at radius 1 is 0.842 bits per heavy atom. The molecule has 0 radical (unpaired) electrons. The molecule has 2 aromatic rings. The minimum atomic E-state index is -1.48. The van der Waals surface area contributed by atoms with Crippen molar-refractivity contribution in [1.29, 1.82) is 0 Å². The molecule has 208 valence electrons.